The molecule has 0 aromatic carbocycles. The highest BCUT2D eigenvalue weighted by Gasteiger charge is 2.04. The van der Waals surface area contributed by atoms with Gasteiger partial charge in [-0.15, -0.1) is 0 Å². The largest absolute Gasteiger partial charge is 0.375 e. The van der Waals surface area contributed by atoms with E-state index in [4.69, 9.17) is 4.74 Å². The molecule has 0 radical (unpaired) electrons. The summed E-state index contributed by atoms with van der Waals surface area (Å²) in [5.41, 5.74) is 0. The quantitative estimate of drug-likeness (QED) is 0.818. The molecule has 0 spiro atoms. The number of nitrogens with zero attached hydrogens (tertiary/aromatic N) is 4. The van der Waals surface area contributed by atoms with E-state index in [0.29, 0.717) is 11.6 Å². The minimum absolute atomic E-state index is 0.00951. The molecule has 2 heterocycles. The number of amides is 1. The first kappa shape index (κ1) is 11.2. The molecule has 2 aromatic heterocycles. The van der Waals surface area contributed by atoms with Crippen LogP contribution in [0.2, 0.25) is 0 Å². The Balaban J connectivity index is 2.15. The van der Waals surface area contributed by atoms with Gasteiger partial charge in [0.05, 0.1) is 0 Å². The van der Waals surface area contributed by atoms with Crippen LogP contribution in [0.5, 0.6) is 0 Å². The second-order valence-corrected chi connectivity index (χ2v) is 3.21. The first-order valence-corrected chi connectivity index (χ1v) is 4.89. The molecule has 88 valence electrons. The first-order valence-electron chi connectivity index (χ1n) is 4.89. The second-order valence-electron chi connectivity index (χ2n) is 3.21. The minimum atomic E-state index is -0.261. The number of nitrogens with one attached hydrogen (secondary N) is 1. The van der Waals surface area contributed by atoms with Gasteiger partial charge in [0.1, 0.15) is 30.9 Å². The summed E-state index contributed by atoms with van der Waals surface area (Å²) in [4.78, 5) is 23.2. The Kier molecular flexibility index (Phi) is 3.41. The molecule has 0 aliphatic heterocycles. The summed E-state index contributed by atoms with van der Waals surface area (Å²) >= 11 is 0. The number of aromatic nitrogens is 4. The van der Waals surface area contributed by atoms with Crippen molar-refractivity contribution in [2.75, 3.05) is 19.0 Å². The third-order valence-corrected chi connectivity index (χ3v) is 1.96. The zero-order valence-electron chi connectivity index (χ0n) is 9.20. The van der Waals surface area contributed by atoms with E-state index in [1.807, 2.05) is 0 Å². The molecule has 0 atom stereocenters. The van der Waals surface area contributed by atoms with Crippen molar-refractivity contribution < 1.29 is 9.53 Å². The molecule has 0 aliphatic rings. The molecule has 0 aliphatic carbocycles. The van der Waals surface area contributed by atoms with E-state index in [1.165, 1.54) is 13.4 Å². The zero-order valence-corrected chi connectivity index (χ0v) is 9.20. The minimum Gasteiger partial charge on any atom is -0.375 e. The molecule has 2 rings (SSSR count). The third kappa shape index (κ3) is 2.85. The monoisotopic (exact) mass is 233 g/mol. The number of hydrogen-bond acceptors (Lipinski definition) is 5. The Hall–Kier alpha value is -2.28. The van der Waals surface area contributed by atoms with E-state index in [-0.39, 0.29) is 12.5 Å². The molecule has 0 saturated carbocycles. The van der Waals surface area contributed by atoms with Gasteiger partial charge in [-0.2, -0.15) is 0 Å². The van der Waals surface area contributed by atoms with Gasteiger partial charge in [-0.3, -0.25) is 9.36 Å². The van der Waals surface area contributed by atoms with Crippen LogP contribution in [0, 0.1) is 0 Å². The Morgan fingerprint density at radius 2 is 2.41 bits per heavy atom. The van der Waals surface area contributed by atoms with E-state index in [9.17, 15) is 4.79 Å². The van der Waals surface area contributed by atoms with Crippen molar-refractivity contribution in [2.24, 2.45) is 0 Å². The van der Waals surface area contributed by atoms with Crippen LogP contribution in [0.25, 0.3) is 5.82 Å². The van der Waals surface area contributed by atoms with Crippen LogP contribution in [-0.4, -0.2) is 39.1 Å². The third-order valence-electron chi connectivity index (χ3n) is 1.96. The van der Waals surface area contributed by atoms with Crippen molar-refractivity contribution in [3.8, 4) is 5.82 Å². The number of rotatable bonds is 4. The summed E-state index contributed by atoms with van der Waals surface area (Å²) in [6.45, 7) is -0.00951. The molecule has 1 N–H and O–H groups in total. The van der Waals surface area contributed by atoms with Crippen LogP contribution in [0.3, 0.4) is 0 Å². The van der Waals surface area contributed by atoms with Gasteiger partial charge < -0.3 is 10.1 Å². The van der Waals surface area contributed by atoms with Crippen molar-refractivity contribution in [3.63, 3.8) is 0 Å². The SMILES string of the molecule is COCC(=O)Nc1cc(-n2ccnc2)ncn1. The molecule has 1 amide bonds. The maximum atomic E-state index is 11.3. The van der Waals surface area contributed by atoms with E-state index < -0.39 is 0 Å². The maximum absolute atomic E-state index is 11.3. The lowest BCUT2D eigenvalue weighted by Crippen LogP contribution is -2.18. The highest BCUT2D eigenvalue weighted by Crippen LogP contribution is 2.08. The van der Waals surface area contributed by atoms with E-state index in [0.717, 1.165) is 0 Å². The predicted octanol–water partition coefficient (Wildman–Crippen LogP) is 0.247. The molecule has 17 heavy (non-hydrogen) atoms. The Labute approximate surface area is 97.5 Å². The normalized spacial score (nSPS) is 10.2. The molecule has 7 nitrogen and oxygen atoms in total. The standard InChI is InChI=1S/C10H11N5O2/c1-17-5-10(16)14-8-4-9(13-6-12-8)15-3-2-11-7-15/h2-4,6-7H,5H2,1H3,(H,12,13,14,16). The lowest BCUT2D eigenvalue weighted by atomic mass is 10.5. The molecule has 7 heteroatoms. The molecule has 0 saturated heterocycles. The summed E-state index contributed by atoms with van der Waals surface area (Å²) in [5.74, 6) is 0.791. The van der Waals surface area contributed by atoms with Crippen LogP contribution in [0.4, 0.5) is 5.82 Å². The molecule has 0 fully saturated rings. The average molecular weight is 233 g/mol. The fourth-order valence-electron chi connectivity index (χ4n) is 1.26. The van der Waals surface area contributed by atoms with Gasteiger partial charge in [0.15, 0.2) is 0 Å². The molecule has 0 bridgehead atoms. The molecular formula is C10H11N5O2. The number of carbonyl (C=O) groups is 1. The summed E-state index contributed by atoms with van der Waals surface area (Å²) < 4.78 is 6.42. The molecule has 0 unspecified atom stereocenters. The second kappa shape index (κ2) is 5.17. The predicted molar refractivity (Wildman–Crippen MR) is 59.7 cm³/mol. The van der Waals surface area contributed by atoms with Crippen molar-refractivity contribution in [1.29, 1.82) is 0 Å². The van der Waals surface area contributed by atoms with Gasteiger partial charge in [0.25, 0.3) is 5.91 Å². The lowest BCUT2D eigenvalue weighted by molar-refractivity contribution is -0.119. The highest BCUT2D eigenvalue weighted by atomic mass is 16.5. The lowest BCUT2D eigenvalue weighted by Gasteiger charge is -2.05. The van der Waals surface area contributed by atoms with Crippen molar-refractivity contribution in [1.82, 2.24) is 19.5 Å². The van der Waals surface area contributed by atoms with Gasteiger partial charge in [-0.05, 0) is 0 Å². The van der Waals surface area contributed by atoms with Crippen LogP contribution in [0.15, 0.2) is 31.1 Å². The smallest absolute Gasteiger partial charge is 0.251 e. The summed E-state index contributed by atoms with van der Waals surface area (Å²) in [5, 5.41) is 2.60. The number of hydrogen-bond donors (Lipinski definition) is 1. The van der Waals surface area contributed by atoms with Gasteiger partial charge in [-0.1, -0.05) is 0 Å². The Morgan fingerprint density at radius 3 is 3.12 bits per heavy atom. The molecule has 2 aromatic rings. The number of anilines is 1. The molecular weight excluding hydrogens is 222 g/mol. The van der Waals surface area contributed by atoms with Crippen LogP contribution in [0.1, 0.15) is 0 Å². The van der Waals surface area contributed by atoms with Gasteiger partial charge in [0.2, 0.25) is 0 Å². The Morgan fingerprint density at radius 1 is 1.53 bits per heavy atom. The van der Waals surface area contributed by atoms with Crippen molar-refractivity contribution >= 4 is 11.7 Å². The van der Waals surface area contributed by atoms with E-state index in [2.05, 4.69) is 20.3 Å². The van der Waals surface area contributed by atoms with Crippen molar-refractivity contribution in [2.45, 2.75) is 0 Å². The summed E-state index contributed by atoms with van der Waals surface area (Å²) in [6, 6.07) is 1.65. The summed E-state index contributed by atoms with van der Waals surface area (Å²) in [6.07, 6.45) is 6.38. The topological polar surface area (TPSA) is 81.9 Å². The number of imidazole rings is 1. The van der Waals surface area contributed by atoms with Gasteiger partial charge in [-0.25, -0.2) is 15.0 Å². The average Bonchev–Trinajstić information content (AvgIpc) is 2.83. The maximum Gasteiger partial charge on any atom is 0.251 e. The van der Waals surface area contributed by atoms with E-state index in [1.54, 1.807) is 29.4 Å². The zero-order chi connectivity index (χ0) is 12.1. The van der Waals surface area contributed by atoms with Crippen LogP contribution < -0.4 is 5.32 Å². The van der Waals surface area contributed by atoms with Crippen LogP contribution in [-0.2, 0) is 9.53 Å². The number of carbonyl (C=O) groups excluding carboxylic acids is 1. The fourth-order valence-corrected chi connectivity index (χ4v) is 1.26. The van der Waals surface area contributed by atoms with Crippen molar-refractivity contribution in [3.05, 3.63) is 31.1 Å². The van der Waals surface area contributed by atoms with Gasteiger partial charge in [0, 0.05) is 25.6 Å². The van der Waals surface area contributed by atoms with Gasteiger partial charge >= 0.3 is 0 Å². The summed E-state index contributed by atoms with van der Waals surface area (Å²) in [7, 11) is 1.45. The highest BCUT2D eigenvalue weighted by molar-refractivity contribution is 5.90. The van der Waals surface area contributed by atoms with Crippen LogP contribution >= 0.6 is 0 Å². The first-order chi connectivity index (χ1) is 8.29. The number of methoxy groups -OCH3 is 1. The Bertz CT molecular complexity index is 497. The van der Waals surface area contributed by atoms with E-state index >= 15 is 0 Å². The number of ether oxygens (including phenoxy) is 1. The fraction of sp³-hybridized carbons (Fsp3) is 0.200.